The molecule has 5 heteroatoms. The molecule has 0 unspecified atom stereocenters. The van der Waals surface area contributed by atoms with E-state index in [1.54, 1.807) is 12.1 Å². The molecule has 0 radical (unpaired) electrons. The summed E-state index contributed by atoms with van der Waals surface area (Å²) in [5.74, 6) is 0. The molecule has 1 aromatic rings. The summed E-state index contributed by atoms with van der Waals surface area (Å²) in [5, 5.41) is 0.479. The second-order valence-corrected chi connectivity index (χ2v) is 10.9. The molecule has 1 aromatic carbocycles. The van der Waals surface area contributed by atoms with E-state index in [9.17, 15) is 9.59 Å². The van der Waals surface area contributed by atoms with Crippen molar-refractivity contribution in [1.29, 1.82) is 0 Å². The maximum Gasteiger partial charge on any atom is 0.188 e. The van der Waals surface area contributed by atoms with Crippen LogP contribution in [0.1, 0.15) is 29.8 Å². The molecule has 0 saturated heterocycles. The van der Waals surface area contributed by atoms with Crippen molar-refractivity contribution in [3.63, 3.8) is 0 Å². The standard InChI is InChI=1S/C13H18Cl2O2Si/c1-13(2,18(3,4)17)7-9-5-6-10(8-16)12(15)11(9)14/h5-6,8,17H,7H2,1-4H3. The molecule has 0 aliphatic rings. The van der Waals surface area contributed by atoms with Crippen LogP contribution in [0.25, 0.3) is 0 Å². The molecular formula is C13H18Cl2O2Si. The number of rotatable bonds is 4. The number of carbonyl (C=O) groups excluding carboxylic acids is 1. The summed E-state index contributed by atoms with van der Waals surface area (Å²) in [4.78, 5) is 21.0. The number of hydrogen-bond donors (Lipinski definition) is 1. The van der Waals surface area contributed by atoms with Crippen LogP contribution in [0.5, 0.6) is 0 Å². The summed E-state index contributed by atoms with van der Waals surface area (Å²) in [6, 6.07) is 3.47. The average molecular weight is 305 g/mol. The highest BCUT2D eigenvalue weighted by molar-refractivity contribution is 6.72. The van der Waals surface area contributed by atoms with Gasteiger partial charge in [-0.2, -0.15) is 0 Å². The Morgan fingerprint density at radius 1 is 1.28 bits per heavy atom. The normalized spacial score (nSPS) is 12.6. The molecule has 0 spiro atoms. The molecule has 0 atom stereocenters. The fourth-order valence-electron chi connectivity index (χ4n) is 1.52. The van der Waals surface area contributed by atoms with Crippen LogP contribution in [0.15, 0.2) is 12.1 Å². The van der Waals surface area contributed by atoms with Gasteiger partial charge in [-0.1, -0.05) is 43.1 Å². The highest BCUT2D eigenvalue weighted by Gasteiger charge is 2.38. The van der Waals surface area contributed by atoms with Gasteiger partial charge in [0.25, 0.3) is 0 Å². The van der Waals surface area contributed by atoms with Crippen molar-refractivity contribution in [2.75, 3.05) is 0 Å². The molecule has 100 valence electrons. The number of benzene rings is 1. The van der Waals surface area contributed by atoms with Crippen molar-refractivity contribution in [1.82, 2.24) is 0 Å². The Morgan fingerprint density at radius 3 is 2.28 bits per heavy atom. The average Bonchev–Trinajstić information content (AvgIpc) is 2.23. The Labute approximate surface area is 119 Å². The van der Waals surface area contributed by atoms with E-state index in [-0.39, 0.29) is 10.1 Å². The highest BCUT2D eigenvalue weighted by Crippen LogP contribution is 2.41. The minimum Gasteiger partial charge on any atom is -0.432 e. The number of carbonyl (C=O) groups is 1. The Morgan fingerprint density at radius 2 is 1.83 bits per heavy atom. The van der Waals surface area contributed by atoms with Crippen LogP contribution in [-0.2, 0) is 6.42 Å². The van der Waals surface area contributed by atoms with E-state index >= 15 is 0 Å². The monoisotopic (exact) mass is 304 g/mol. The second kappa shape index (κ2) is 5.33. The lowest BCUT2D eigenvalue weighted by atomic mass is 10.0. The van der Waals surface area contributed by atoms with E-state index in [0.29, 0.717) is 23.3 Å². The second-order valence-electron chi connectivity index (χ2n) is 5.68. The first-order chi connectivity index (χ1) is 8.10. The van der Waals surface area contributed by atoms with Gasteiger partial charge in [-0.05, 0) is 36.2 Å². The zero-order chi connectivity index (χ0) is 14.1. The molecule has 0 saturated carbocycles. The van der Waals surface area contributed by atoms with Crippen LogP contribution < -0.4 is 0 Å². The molecule has 0 aliphatic carbocycles. The van der Waals surface area contributed by atoms with Gasteiger partial charge < -0.3 is 4.80 Å². The lowest BCUT2D eigenvalue weighted by Crippen LogP contribution is -2.40. The van der Waals surface area contributed by atoms with Crippen molar-refractivity contribution in [3.8, 4) is 0 Å². The third-order valence-electron chi connectivity index (χ3n) is 3.61. The quantitative estimate of drug-likeness (QED) is 0.664. The fourth-order valence-corrected chi connectivity index (χ4v) is 2.62. The van der Waals surface area contributed by atoms with Gasteiger partial charge in [0.2, 0.25) is 0 Å². The first-order valence-electron chi connectivity index (χ1n) is 5.74. The molecule has 2 nitrogen and oxygen atoms in total. The molecule has 0 amide bonds. The predicted molar refractivity (Wildman–Crippen MR) is 79.3 cm³/mol. The maximum absolute atomic E-state index is 10.8. The van der Waals surface area contributed by atoms with E-state index in [1.807, 2.05) is 26.9 Å². The molecule has 1 rings (SSSR count). The van der Waals surface area contributed by atoms with Gasteiger partial charge in [0, 0.05) is 5.56 Å². The minimum atomic E-state index is -2.30. The molecule has 0 heterocycles. The zero-order valence-electron chi connectivity index (χ0n) is 11.1. The van der Waals surface area contributed by atoms with Crippen molar-refractivity contribution in [2.45, 2.75) is 38.4 Å². The molecular weight excluding hydrogens is 287 g/mol. The highest BCUT2D eigenvalue weighted by atomic mass is 35.5. The van der Waals surface area contributed by atoms with E-state index < -0.39 is 8.32 Å². The van der Waals surface area contributed by atoms with Crippen molar-refractivity contribution < 1.29 is 9.59 Å². The largest absolute Gasteiger partial charge is 0.432 e. The minimum absolute atomic E-state index is 0.220. The van der Waals surface area contributed by atoms with Crippen molar-refractivity contribution >= 4 is 37.8 Å². The zero-order valence-corrected chi connectivity index (χ0v) is 13.6. The smallest absolute Gasteiger partial charge is 0.188 e. The van der Waals surface area contributed by atoms with Gasteiger partial charge in [-0.15, -0.1) is 0 Å². The molecule has 0 fully saturated rings. The first kappa shape index (κ1) is 15.7. The lowest BCUT2D eigenvalue weighted by Gasteiger charge is -2.35. The van der Waals surface area contributed by atoms with Gasteiger partial charge in [-0.25, -0.2) is 0 Å². The van der Waals surface area contributed by atoms with Crippen LogP contribution >= 0.6 is 23.2 Å². The van der Waals surface area contributed by atoms with E-state index in [2.05, 4.69) is 0 Å². The summed E-state index contributed by atoms with van der Waals surface area (Å²) in [5.41, 5.74) is 1.26. The lowest BCUT2D eigenvalue weighted by molar-refractivity contribution is 0.112. The van der Waals surface area contributed by atoms with Crippen molar-refractivity contribution in [2.24, 2.45) is 0 Å². The van der Waals surface area contributed by atoms with E-state index in [1.165, 1.54) is 0 Å². The summed E-state index contributed by atoms with van der Waals surface area (Å²) in [6.07, 6.45) is 1.33. The Hall–Kier alpha value is -0.353. The van der Waals surface area contributed by atoms with Gasteiger partial charge in [-0.3, -0.25) is 4.79 Å². The predicted octanol–water partition coefficient (Wildman–Crippen LogP) is 4.33. The SMILES string of the molecule is CC(C)(Cc1ccc(C=O)c(Cl)c1Cl)[Si](C)(C)O. The third kappa shape index (κ3) is 3.15. The van der Waals surface area contributed by atoms with Crippen LogP contribution in [0, 0.1) is 0 Å². The van der Waals surface area contributed by atoms with Crippen LogP contribution in [-0.4, -0.2) is 19.4 Å². The Bertz CT molecular complexity index is 465. The van der Waals surface area contributed by atoms with Gasteiger partial charge in [0.15, 0.2) is 14.6 Å². The molecule has 0 aromatic heterocycles. The summed E-state index contributed by atoms with van der Waals surface area (Å²) >= 11 is 12.2. The summed E-state index contributed by atoms with van der Waals surface area (Å²) < 4.78 is 0. The van der Waals surface area contributed by atoms with Gasteiger partial charge in [0.05, 0.1) is 10.0 Å². The number of aldehydes is 1. The van der Waals surface area contributed by atoms with Gasteiger partial charge >= 0.3 is 0 Å². The van der Waals surface area contributed by atoms with Crippen LogP contribution in [0.3, 0.4) is 0 Å². The molecule has 1 N–H and O–H groups in total. The van der Waals surface area contributed by atoms with E-state index in [4.69, 9.17) is 23.2 Å². The van der Waals surface area contributed by atoms with E-state index in [0.717, 1.165) is 5.56 Å². The molecule has 0 aliphatic heterocycles. The number of hydrogen-bond acceptors (Lipinski definition) is 2. The summed E-state index contributed by atoms with van der Waals surface area (Å²) in [7, 11) is -2.30. The molecule has 0 bridgehead atoms. The molecule has 18 heavy (non-hydrogen) atoms. The number of halogens is 2. The Kier molecular flexibility index (Phi) is 4.65. The Balaban J connectivity index is 3.14. The van der Waals surface area contributed by atoms with Crippen LogP contribution in [0.2, 0.25) is 28.2 Å². The fraction of sp³-hybridized carbons (Fsp3) is 0.462. The summed E-state index contributed by atoms with van der Waals surface area (Å²) in [6.45, 7) is 7.86. The van der Waals surface area contributed by atoms with Crippen LogP contribution in [0.4, 0.5) is 0 Å². The van der Waals surface area contributed by atoms with Crippen molar-refractivity contribution in [3.05, 3.63) is 33.3 Å². The third-order valence-corrected chi connectivity index (χ3v) is 8.03. The van der Waals surface area contributed by atoms with Gasteiger partial charge in [0.1, 0.15) is 0 Å². The maximum atomic E-state index is 10.8. The topological polar surface area (TPSA) is 37.3 Å². The first-order valence-corrected chi connectivity index (χ1v) is 9.45.